The summed E-state index contributed by atoms with van der Waals surface area (Å²) >= 11 is 7.18. The Bertz CT molecular complexity index is 565. The van der Waals surface area contributed by atoms with Crippen molar-refractivity contribution in [3.8, 4) is 0 Å². The second-order valence-corrected chi connectivity index (χ2v) is 4.96. The van der Waals surface area contributed by atoms with E-state index < -0.39 is 0 Å². The molecule has 0 radical (unpaired) electrons. The van der Waals surface area contributed by atoms with E-state index in [4.69, 9.17) is 11.6 Å². The summed E-state index contributed by atoms with van der Waals surface area (Å²) in [5, 5.41) is 5.15. The summed E-state index contributed by atoms with van der Waals surface area (Å²) in [7, 11) is 0. The van der Waals surface area contributed by atoms with Gasteiger partial charge in [-0.3, -0.25) is 4.79 Å². The summed E-state index contributed by atoms with van der Waals surface area (Å²) in [5.74, 6) is -0.107. The molecule has 0 fully saturated rings. The zero-order valence-electron chi connectivity index (χ0n) is 9.45. The molecule has 0 aliphatic rings. The van der Waals surface area contributed by atoms with Gasteiger partial charge in [-0.1, -0.05) is 11.6 Å². The summed E-state index contributed by atoms with van der Waals surface area (Å²) in [6.45, 7) is 3.72. The molecule has 1 amide bonds. The van der Waals surface area contributed by atoms with Gasteiger partial charge in [0.2, 0.25) is 0 Å². The molecule has 5 heteroatoms. The average molecular weight is 267 g/mol. The number of nitrogens with one attached hydrogen (secondary N) is 1. The molecule has 2 rings (SSSR count). The molecule has 0 unspecified atom stereocenters. The van der Waals surface area contributed by atoms with Crippen molar-refractivity contribution in [3.05, 3.63) is 44.9 Å². The number of hydrogen-bond donors (Lipinski definition) is 1. The first kappa shape index (κ1) is 12.1. The maximum atomic E-state index is 12.0. The molecule has 2 aromatic heterocycles. The third kappa shape index (κ3) is 2.65. The third-order valence-corrected chi connectivity index (χ3v) is 3.59. The maximum Gasteiger partial charge on any atom is 0.266 e. The van der Waals surface area contributed by atoms with E-state index in [0.717, 1.165) is 10.4 Å². The molecular formula is C12H11ClN2OS. The van der Waals surface area contributed by atoms with Gasteiger partial charge < -0.3 is 5.32 Å². The number of thiophene rings is 1. The molecule has 17 heavy (non-hydrogen) atoms. The van der Waals surface area contributed by atoms with E-state index in [0.29, 0.717) is 16.5 Å². The first-order valence-electron chi connectivity index (χ1n) is 5.06. The van der Waals surface area contributed by atoms with Gasteiger partial charge in [-0.05, 0) is 43.0 Å². The van der Waals surface area contributed by atoms with Gasteiger partial charge in [-0.25, -0.2) is 4.98 Å². The number of aromatic nitrogens is 1. The van der Waals surface area contributed by atoms with Crippen molar-refractivity contribution in [2.45, 2.75) is 13.8 Å². The van der Waals surface area contributed by atoms with E-state index in [9.17, 15) is 4.79 Å². The molecule has 1 N–H and O–H groups in total. The Morgan fingerprint density at radius 1 is 1.35 bits per heavy atom. The topological polar surface area (TPSA) is 42.0 Å². The largest absolute Gasteiger partial charge is 0.320 e. The number of pyridine rings is 1. The Balaban J connectivity index is 2.22. The second kappa shape index (κ2) is 4.85. The number of rotatable bonds is 2. The van der Waals surface area contributed by atoms with Crippen LogP contribution < -0.4 is 5.32 Å². The van der Waals surface area contributed by atoms with Gasteiger partial charge in [-0.15, -0.1) is 11.3 Å². The zero-order chi connectivity index (χ0) is 12.4. The van der Waals surface area contributed by atoms with Crippen molar-refractivity contribution in [1.82, 2.24) is 4.98 Å². The highest BCUT2D eigenvalue weighted by Crippen LogP contribution is 2.20. The minimum absolute atomic E-state index is 0.107. The highest BCUT2D eigenvalue weighted by molar-refractivity contribution is 7.12. The van der Waals surface area contributed by atoms with Gasteiger partial charge in [-0.2, -0.15) is 0 Å². The minimum atomic E-state index is -0.107. The number of nitrogens with zero attached hydrogens (tertiary/aromatic N) is 1. The second-order valence-electron chi connectivity index (χ2n) is 3.65. The van der Waals surface area contributed by atoms with Crippen LogP contribution in [0.3, 0.4) is 0 Å². The molecule has 0 bridgehead atoms. The van der Waals surface area contributed by atoms with Crippen molar-refractivity contribution in [2.75, 3.05) is 5.32 Å². The number of hydrogen-bond acceptors (Lipinski definition) is 3. The van der Waals surface area contributed by atoms with Gasteiger partial charge >= 0.3 is 0 Å². The van der Waals surface area contributed by atoms with E-state index in [-0.39, 0.29) is 5.91 Å². The maximum absolute atomic E-state index is 12.0. The van der Waals surface area contributed by atoms with Crippen LogP contribution in [-0.2, 0) is 0 Å². The molecule has 2 heterocycles. The Labute approximate surface area is 108 Å². The van der Waals surface area contributed by atoms with Crippen LogP contribution in [-0.4, -0.2) is 10.9 Å². The highest BCUT2D eigenvalue weighted by atomic mass is 35.5. The summed E-state index contributed by atoms with van der Waals surface area (Å²) in [6, 6.07) is 5.34. The van der Waals surface area contributed by atoms with Crippen LogP contribution in [0.4, 0.5) is 5.69 Å². The summed E-state index contributed by atoms with van der Waals surface area (Å²) < 4.78 is 0. The molecule has 88 valence electrons. The molecule has 0 saturated carbocycles. The van der Waals surface area contributed by atoms with Crippen molar-refractivity contribution in [2.24, 2.45) is 0 Å². The van der Waals surface area contributed by atoms with Crippen LogP contribution in [0.25, 0.3) is 0 Å². The Hall–Kier alpha value is -1.39. The summed E-state index contributed by atoms with van der Waals surface area (Å²) in [6.07, 6.45) is 0. The molecule has 0 aliphatic heterocycles. The fraction of sp³-hybridized carbons (Fsp3) is 0.167. The fourth-order valence-corrected chi connectivity index (χ4v) is 2.46. The van der Waals surface area contributed by atoms with Crippen molar-refractivity contribution in [3.63, 3.8) is 0 Å². The van der Waals surface area contributed by atoms with E-state index in [1.54, 1.807) is 12.1 Å². The quantitative estimate of drug-likeness (QED) is 0.843. The summed E-state index contributed by atoms with van der Waals surface area (Å²) in [4.78, 5) is 16.8. The van der Waals surface area contributed by atoms with Gasteiger partial charge in [0.1, 0.15) is 5.15 Å². The molecule has 0 saturated heterocycles. The number of carbonyl (C=O) groups excluding carboxylic acids is 1. The zero-order valence-corrected chi connectivity index (χ0v) is 11.0. The predicted molar refractivity (Wildman–Crippen MR) is 71.0 cm³/mol. The lowest BCUT2D eigenvalue weighted by Gasteiger charge is -2.07. The van der Waals surface area contributed by atoms with Crippen LogP contribution in [0.2, 0.25) is 5.15 Å². The van der Waals surface area contributed by atoms with Crippen molar-refractivity contribution >= 4 is 34.5 Å². The first-order valence-corrected chi connectivity index (χ1v) is 6.32. The van der Waals surface area contributed by atoms with E-state index >= 15 is 0 Å². The summed E-state index contributed by atoms with van der Waals surface area (Å²) in [5.41, 5.74) is 2.37. The number of carbonyl (C=O) groups is 1. The van der Waals surface area contributed by atoms with Gasteiger partial charge in [0.15, 0.2) is 0 Å². The molecule has 3 nitrogen and oxygen atoms in total. The van der Waals surface area contributed by atoms with Crippen LogP contribution in [0.5, 0.6) is 0 Å². The van der Waals surface area contributed by atoms with Gasteiger partial charge in [0.05, 0.1) is 16.3 Å². The molecule has 0 atom stereocenters. The molecular weight excluding hydrogens is 256 g/mol. The lowest BCUT2D eigenvalue weighted by atomic mass is 10.2. The normalized spacial score (nSPS) is 10.3. The molecule has 2 aromatic rings. The SMILES string of the molecule is Cc1ccsc1C(=O)Nc1ccc(Cl)nc1C. The first-order chi connectivity index (χ1) is 8.08. The molecule has 0 aromatic carbocycles. The Morgan fingerprint density at radius 2 is 2.12 bits per heavy atom. The standard InChI is InChI=1S/C12H11ClN2OS/c1-7-5-6-17-11(7)12(16)15-9-3-4-10(13)14-8(9)2/h3-6H,1-2H3,(H,15,16). The number of halogens is 1. The van der Waals surface area contributed by atoms with Gasteiger partial charge in [0, 0.05) is 0 Å². The lowest BCUT2D eigenvalue weighted by molar-refractivity contribution is 0.103. The smallest absolute Gasteiger partial charge is 0.266 e. The predicted octanol–water partition coefficient (Wildman–Crippen LogP) is 3.67. The van der Waals surface area contributed by atoms with E-state index in [2.05, 4.69) is 10.3 Å². The molecule has 0 spiro atoms. The molecule has 0 aliphatic carbocycles. The minimum Gasteiger partial charge on any atom is -0.320 e. The Kier molecular flexibility index (Phi) is 3.45. The monoisotopic (exact) mass is 266 g/mol. The van der Waals surface area contributed by atoms with Crippen molar-refractivity contribution in [1.29, 1.82) is 0 Å². The van der Waals surface area contributed by atoms with E-state index in [1.807, 2.05) is 25.3 Å². The highest BCUT2D eigenvalue weighted by Gasteiger charge is 2.12. The van der Waals surface area contributed by atoms with Crippen LogP contribution in [0.15, 0.2) is 23.6 Å². The lowest BCUT2D eigenvalue weighted by Crippen LogP contribution is -2.12. The van der Waals surface area contributed by atoms with E-state index in [1.165, 1.54) is 11.3 Å². The fourth-order valence-electron chi connectivity index (χ4n) is 1.45. The van der Waals surface area contributed by atoms with Crippen LogP contribution in [0, 0.1) is 13.8 Å². The van der Waals surface area contributed by atoms with Crippen molar-refractivity contribution < 1.29 is 4.79 Å². The third-order valence-electron chi connectivity index (χ3n) is 2.37. The average Bonchev–Trinajstić information content (AvgIpc) is 2.68. The number of amides is 1. The van der Waals surface area contributed by atoms with Gasteiger partial charge in [0.25, 0.3) is 5.91 Å². The number of anilines is 1. The Morgan fingerprint density at radius 3 is 2.71 bits per heavy atom. The van der Waals surface area contributed by atoms with Crippen LogP contribution >= 0.6 is 22.9 Å². The van der Waals surface area contributed by atoms with Crippen LogP contribution in [0.1, 0.15) is 20.9 Å². The number of aryl methyl sites for hydroxylation is 2.